The molecular weight excluding hydrogens is 399 g/mol. The van der Waals surface area contributed by atoms with Crippen LogP contribution in [-0.4, -0.2) is 56.5 Å². The number of nitrogens with one attached hydrogen (secondary N) is 1. The van der Waals surface area contributed by atoms with Gasteiger partial charge in [-0.25, -0.2) is 0 Å². The molecule has 9 heteroatoms. The fraction of sp³-hybridized carbons (Fsp3) is 0.381. The predicted octanol–water partition coefficient (Wildman–Crippen LogP) is 3.74. The summed E-state index contributed by atoms with van der Waals surface area (Å²) in [6.07, 6.45) is -4.74. The Bertz CT molecular complexity index is 833. The van der Waals surface area contributed by atoms with Crippen LogP contribution in [0.2, 0.25) is 0 Å². The van der Waals surface area contributed by atoms with Crippen LogP contribution in [0.1, 0.15) is 6.92 Å². The first kappa shape index (κ1) is 21.8. The van der Waals surface area contributed by atoms with Gasteiger partial charge in [0.25, 0.3) is 0 Å². The van der Waals surface area contributed by atoms with Gasteiger partial charge in [0.15, 0.2) is 0 Å². The average molecular weight is 423 g/mol. The summed E-state index contributed by atoms with van der Waals surface area (Å²) in [5, 5.41) is 2.74. The Morgan fingerprint density at radius 1 is 0.967 bits per heavy atom. The number of piperazine rings is 1. The van der Waals surface area contributed by atoms with Gasteiger partial charge in [0.05, 0.1) is 13.2 Å². The first-order valence-corrected chi connectivity index (χ1v) is 9.55. The summed E-state index contributed by atoms with van der Waals surface area (Å²) < 4.78 is 45.7. The van der Waals surface area contributed by atoms with Crippen LogP contribution in [0, 0.1) is 0 Å². The van der Waals surface area contributed by atoms with Crippen LogP contribution in [0.15, 0.2) is 48.5 Å². The maximum Gasteiger partial charge on any atom is 0.573 e. The fourth-order valence-electron chi connectivity index (χ4n) is 3.31. The number of halogens is 3. The van der Waals surface area contributed by atoms with Gasteiger partial charge < -0.3 is 19.7 Å². The van der Waals surface area contributed by atoms with Crippen LogP contribution in [0.25, 0.3) is 0 Å². The quantitative estimate of drug-likeness (QED) is 0.767. The highest BCUT2D eigenvalue weighted by atomic mass is 19.4. The Morgan fingerprint density at radius 3 is 2.07 bits per heavy atom. The maximum absolute atomic E-state index is 12.6. The van der Waals surface area contributed by atoms with E-state index >= 15 is 0 Å². The average Bonchev–Trinajstić information content (AvgIpc) is 2.74. The van der Waals surface area contributed by atoms with Crippen molar-refractivity contribution in [3.63, 3.8) is 0 Å². The Labute approximate surface area is 173 Å². The summed E-state index contributed by atoms with van der Waals surface area (Å²) in [7, 11) is 1.63. The van der Waals surface area contributed by atoms with E-state index in [9.17, 15) is 18.0 Å². The van der Waals surface area contributed by atoms with Crippen molar-refractivity contribution in [2.45, 2.75) is 19.3 Å². The van der Waals surface area contributed by atoms with Crippen molar-refractivity contribution in [1.82, 2.24) is 4.90 Å². The summed E-state index contributed by atoms with van der Waals surface area (Å²) in [5.41, 5.74) is 1.52. The number of ether oxygens (including phenoxy) is 2. The van der Waals surface area contributed by atoms with E-state index < -0.39 is 6.36 Å². The van der Waals surface area contributed by atoms with E-state index in [4.69, 9.17) is 4.74 Å². The van der Waals surface area contributed by atoms with Gasteiger partial charge in [-0.15, -0.1) is 13.2 Å². The third-order valence-electron chi connectivity index (χ3n) is 5.03. The number of carbonyl (C=O) groups excluding carboxylic acids is 1. The molecule has 6 nitrogen and oxygen atoms in total. The second-order valence-corrected chi connectivity index (χ2v) is 6.96. The minimum absolute atomic E-state index is 0.211. The van der Waals surface area contributed by atoms with Crippen LogP contribution >= 0.6 is 0 Å². The number of carbonyl (C=O) groups is 1. The number of amides is 1. The molecule has 3 rings (SSSR count). The highest BCUT2D eigenvalue weighted by Gasteiger charge is 2.31. The molecule has 1 saturated heterocycles. The van der Waals surface area contributed by atoms with Gasteiger partial charge in [0.2, 0.25) is 5.91 Å². The molecule has 1 N–H and O–H groups in total. The smallest absolute Gasteiger partial charge is 0.497 e. The predicted molar refractivity (Wildman–Crippen MR) is 108 cm³/mol. The topological polar surface area (TPSA) is 54.0 Å². The summed E-state index contributed by atoms with van der Waals surface area (Å²) in [4.78, 5) is 16.9. The van der Waals surface area contributed by atoms with Crippen LogP contribution < -0.4 is 19.7 Å². The van der Waals surface area contributed by atoms with E-state index in [1.165, 1.54) is 24.3 Å². The zero-order valence-electron chi connectivity index (χ0n) is 16.8. The minimum Gasteiger partial charge on any atom is -0.497 e. The second kappa shape index (κ2) is 9.25. The van der Waals surface area contributed by atoms with Crippen LogP contribution in [0.5, 0.6) is 11.5 Å². The van der Waals surface area contributed by atoms with E-state index in [2.05, 4.69) is 19.9 Å². The van der Waals surface area contributed by atoms with Gasteiger partial charge in [-0.3, -0.25) is 9.69 Å². The first-order valence-electron chi connectivity index (χ1n) is 9.55. The lowest BCUT2D eigenvalue weighted by Gasteiger charge is -2.38. The van der Waals surface area contributed by atoms with E-state index in [1.54, 1.807) is 7.11 Å². The van der Waals surface area contributed by atoms with Crippen molar-refractivity contribution in [2.24, 2.45) is 0 Å². The van der Waals surface area contributed by atoms with E-state index in [0.29, 0.717) is 5.69 Å². The molecule has 0 unspecified atom stereocenters. The van der Waals surface area contributed by atoms with Crippen molar-refractivity contribution in [3.8, 4) is 11.5 Å². The number of hydrogen-bond donors (Lipinski definition) is 1. The van der Waals surface area contributed by atoms with Crippen LogP contribution in [-0.2, 0) is 4.79 Å². The molecule has 0 aromatic heterocycles. The number of nitrogens with zero attached hydrogens (tertiary/aromatic N) is 2. The Kier molecular flexibility index (Phi) is 6.71. The van der Waals surface area contributed by atoms with Crippen molar-refractivity contribution in [1.29, 1.82) is 0 Å². The molecule has 1 heterocycles. The lowest BCUT2D eigenvalue weighted by atomic mass is 10.2. The molecule has 0 saturated carbocycles. The molecule has 1 amide bonds. The second-order valence-electron chi connectivity index (χ2n) is 6.96. The lowest BCUT2D eigenvalue weighted by Crippen LogP contribution is -2.52. The third-order valence-corrected chi connectivity index (χ3v) is 5.03. The first-order chi connectivity index (χ1) is 14.2. The molecule has 1 aliphatic heterocycles. The molecule has 30 heavy (non-hydrogen) atoms. The number of hydrogen-bond acceptors (Lipinski definition) is 5. The fourth-order valence-corrected chi connectivity index (χ4v) is 3.31. The summed E-state index contributed by atoms with van der Waals surface area (Å²) in [6.45, 7) is 4.83. The van der Waals surface area contributed by atoms with Gasteiger partial charge >= 0.3 is 6.36 Å². The molecule has 1 atom stereocenters. The Hall–Kier alpha value is -2.94. The molecule has 0 bridgehead atoms. The van der Waals surface area contributed by atoms with Gasteiger partial charge in [-0.2, -0.15) is 0 Å². The molecule has 2 aromatic carbocycles. The van der Waals surface area contributed by atoms with Gasteiger partial charge in [-0.1, -0.05) is 0 Å². The summed E-state index contributed by atoms with van der Waals surface area (Å²) in [6, 6.07) is 12.6. The molecular formula is C21H24F3N3O3. The number of alkyl halides is 3. The monoisotopic (exact) mass is 423 g/mol. The molecule has 162 valence electrons. The molecule has 1 aliphatic rings. The maximum atomic E-state index is 12.6. The molecule has 0 spiro atoms. The van der Waals surface area contributed by atoms with E-state index in [-0.39, 0.29) is 17.7 Å². The van der Waals surface area contributed by atoms with Gasteiger partial charge in [0, 0.05) is 37.6 Å². The molecule has 0 radical (unpaired) electrons. The van der Waals surface area contributed by atoms with E-state index in [0.717, 1.165) is 37.6 Å². The third kappa shape index (κ3) is 5.79. The number of methoxy groups -OCH3 is 1. The normalized spacial score (nSPS) is 16.1. The summed E-state index contributed by atoms with van der Waals surface area (Å²) >= 11 is 0. The lowest BCUT2D eigenvalue weighted by molar-refractivity contribution is -0.274. The Morgan fingerprint density at radius 2 is 1.53 bits per heavy atom. The van der Waals surface area contributed by atoms with E-state index in [1.807, 2.05) is 31.2 Å². The highest BCUT2D eigenvalue weighted by Crippen LogP contribution is 2.24. The zero-order valence-corrected chi connectivity index (χ0v) is 16.8. The van der Waals surface area contributed by atoms with Crippen molar-refractivity contribution >= 4 is 17.3 Å². The van der Waals surface area contributed by atoms with Crippen LogP contribution in [0.4, 0.5) is 24.5 Å². The summed E-state index contributed by atoms with van der Waals surface area (Å²) in [5.74, 6) is 0.265. The molecule has 1 fully saturated rings. The van der Waals surface area contributed by atoms with Gasteiger partial charge in [-0.05, 0) is 55.5 Å². The highest BCUT2D eigenvalue weighted by molar-refractivity contribution is 5.94. The van der Waals surface area contributed by atoms with Crippen molar-refractivity contribution in [3.05, 3.63) is 48.5 Å². The molecule has 2 aromatic rings. The Balaban J connectivity index is 1.50. The van der Waals surface area contributed by atoms with Crippen molar-refractivity contribution < 1.29 is 27.4 Å². The number of benzene rings is 2. The number of anilines is 2. The number of rotatable bonds is 6. The van der Waals surface area contributed by atoms with Crippen molar-refractivity contribution in [2.75, 3.05) is 43.5 Å². The largest absolute Gasteiger partial charge is 0.573 e. The SMILES string of the molecule is COc1ccc(N2CCN([C@H](C)C(=O)Nc3ccc(OC(F)(F)F)cc3)CC2)cc1. The minimum atomic E-state index is -4.74. The van der Waals surface area contributed by atoms with Gasteiger partial charge in [0.1, 0.15) is 11.5 Å². The van der Waals surface area contributed by atoms with Crippen LogP contribution in [0.3, 0.4) is 0 Å². The standard InChI is InChI=1S/C21H24F3N3O3/c1-15(20(28)25-16-3-7-19(8-4-16)30-21(22,23)24)26-11-13-27(14-12-26)17-5-9-18(29-2)10-6-17/h3-10,15H,11-14H2,1-2H3,(H,25,28)/t15-/m1/s1. The molecule has 0 aliphatic carbocycles. The zero-order chi connectivity index (χ0) is 21.7.